The summed E-state index contributed by atoms with van der Waals surface area (Å²) in [5, 5.41) is 5.77. The summed E-state index contributed by atoms with van der Waals surface area (Å²) < 4.78 is 15.4. The highest BCUT2D eigenvalue weighted by atomic mass is 19.1. The molecule has 3 aromatic carbocycles. The molecule has 0 saturated heterocycles. The number of benzene rings is 3. The minimum absolute atomic E-state index is 0.0985. The number of hydrogen-bond donors (Lipinski definition) is 2. The van der Waals surface area contributed by atoms with E-state index in [1.54, 1.807) is 48.5 Å². The van der Waals surface area contributed by atoms with Crippen molar-refractivity contribution < 1.29 is 14.0 Å². The summed E-state index contributed by atoms with van der Waals surface area (Å²) >= 11 is 0. The van der Waals surface area contributed by atoms with Crippen LogP contribution in [0.25, 0.3) is 16.6 Å². The maximum absolute atomic E-state index is 13.5. The quantitative estimate of drug-likeness (QED) is 0.343. The fraction of sp³-hybridized carbons (Fsp3) is 0.214. The molecule has 0 spiro atoms. The van der Waals surface area contributed by atoms with Crippen molar-refractivity contribution in [3.8, 4) is 5.69 Å². The number of amides is 2. The molecule has 4 rings (SSSR count). The number of unbranched alkanes of at least 4 members (excludes halogenated alkanes) is 1. The van der Waals surface area contributed by atoms with Gasteiger partial charge in [0.15, 0.2) is 0 Å². The Kier molecular flexibility index (Phi) is 7.92. The Hall–Kier alpha value is -4.53. The first-order valence-corrected chi connectivity index (χ1v) is 12.0. The van der Waals surface area contributed by atoms with Gasteiger partial charge in [-0.25, -0.2) is 13.8 Å². The third-order valence-electron chi connectivity index (χ3n) is 5.89. The van der Waals surface area contributed by atoms with Crippen molar-refractivity contribution in [3.63, 3.8) is 0 Å². The van der Waals surface area contributed by atoms with Crippen LogP contribution in [-0.4, -0.2) is 27.5 Å². The van der Waals surface area contributed by atoms with E-state index in [4.69, 9.17) is 0 Å². The smallest absolute Gasteiger partial charge is 0.336 e. The maximum atomic E-state index is 13.5. The second-order valence-corrected chi connectivity index (χ2v) is 8.63. The fourth-order valence-electron chi connectivity index (χ4n) is 3.99. The molecule has 0 saturated carbocycles. The number of anilines is 1. The van der Waals surface area contributed by atoms with Crippen molar-refractivity contribution in [3.05, 3.63) is 105 Å². The first-order chi connectivity index (χ1) is 17.9. The SMILES string of the molecule is CCCCNC(=O)Cc1ccc(-n2c(=O)c3ccccc3n(CC(=O)Nc3ccc(F)cc3)c2=O)cc1. The van der Waals surface area contributed by atoms with E-state index in [1.165, 1.54) is 28.8 Å². The van der Waals surface area contributed by atoms with E-state index in [-0.39, 0.29) is 24.3 Å². The van der Waals surface area contributed by atoms with Gasteiger partial charge in [-0.3, -0.25) is 19.0 Å². The molecule has 8 nitrogen and oxygen atoms in total. The zero-order valence-electron chi connectivity index (χ0n) is 20.4. The average molecular weight is 503 g/mol. The lowest BCUT2D eigenvalue weighted by Crippen LogP contribution is -2.40. The summed E-state index contributed by atoms with van der Waals surface area (Å²) in [6.45, 7) is 2.31. The summed E-state index contributed by atoms with van der Waals surface area (Å²) in [5.74, 6) is -1.04. The molecular formula is C28H27FN4O4. The van der Waals surface area contributed by atoms with Crippen LogP contribution in [-0.2, 0) is 22.6 Å². The number of fused-ring (bicyclic) bond motifs is 1. The van der Waals surface area contributed by atoms with Gasteiger partial charge >= 0.3 is 5.69 Å². The van der Waals surface area contributed by atoms with E-state index in [9.17, 15) is 23.6 Å². The molecule has 0 bridgehead atoms. The average Bonchev–Trinajstić information content (AvgIpc) is 2.89. The van der Waals surface area contributed by atoms with Crippen LogP contribution in [0.4, 0.5) is 10.1 Å². The zero-order chi connectivity index (χ0) is 26.4. The fourth-order valence-corrected chi connectivity index (χ4v) is 3.99. The highest BCUT2D eigenvalue weighted by molar-refractivity contribution is 5.91. The van der Waals surface area contributed by atoms with Gasteiger partial charge in [0.25, 0.3) is 5.56 Å². The summed E-state index contributed by atoms with van der Waals surface area (Å²) in [6.07, 6.45) is 2.08. The van der Waals surface area contributed by atoms with Crippen molar-refractivity contribution in [1.82, 2.24) is 14.5 Å². The number of para-hydroxylation sites is 1. The Bertz CT molecular complexity index is 1540. The molecule has 9 heteroatoms. The van der Waals surface area contributed by atoms with Crippen LogP contribution >= 0.6 is 0 Å². The Labute approximate surface area is 212 Å². The molecule has 2 N–H and O–H groups in total. The minimum atomic E-state index is -0.678. The number of carbonyl (C=O) groups excluding carboxylic acids is 2. The van der Waals surface area contributed by atoms with Gasteiger partial charge in [-0.05, 0) is 60.5 Å². The summed E-state index contributed by atoms with van der Waals surface area (Å²) in [6, 6.07) is 18.4. The lowest BCUT2D eigenvalue weighted by Gasteiger charge is -2.14. The number of nitrogens with one attached hydrogen (secondary N) is 2. The van der Waals surface area contributed by atoms with Crippen molar-refractivity contribution in [2.75, 3.05) is 11.9 Å². The number of carbonyl (C=O) groups is 2. The topological polar surface area (TPSA) is 102 Å². The Morgan fingerprint density at radius 3 is 2.30 bits per heavy atom. The van der Waals surface area contributed by atoms with Gasteiger partial charge < -0.3 is 10.6 Å². The van der Waals surface area contributed by atoms with Crippen molar-refractivity contribution in [2.45, 2.75) is 32.7 Å². The molecule has 0 atom stereocenters. The van der Waals surface area contributed by atoms with Crippen molar-refractivity contribution >= 4 is 28.4 Å². The molecule has 0 unspecified atom stereocenters. The molecule has 0 aliphatic carbocycles. The van der Waals surface area contributed by atoms with Gasteiger partial charge in [-0.15, -0.1) is 0 Å². The van der Waals surface area contributed by atoms with Gasteiger partial charge in [-0.2, -0.15) is 0 Å². The van der Waals surface area contributed by atoms with E-state index in [0.717, 1.165) is 23.0 Å². The first-order valence-electron chi connectivity index (χ1n) is 12.0. The molecule has 0 aliphatic rings. The predicted molar refractivity (Wildman–Crippen MR) is 140 cm³/mol. The van der Waals surface area contributed by atoms with E-state index in [1.807, 2.05) is 6.92 Å². The third-order valence-corrected chi connectivity index (χ3v) is 5.89. The van der Waals surface area contributed by atoms with Crippen LogP contribution in [0.15, 0.2) is 82.4 Å². The van der Waals surface area contributed by atoms with Gasteiger partial charge in [0, 0.05) is 12.2 Å². The van der Waals surface area contributed by atoms with Crippen LogP contribution in [0.3, 0.4) is 0 Å². The van der Waals surface area contributed by atoms with E-state index in [0.29, 0.717) is 23.4 Å². The molecule has 1 heterocycles. The number of aromatic nitrogens is 2. The van der Waals surface area contributed by atoms with Crippen LogP contribution in [0.5, 0.6) is 0 Å². The molecule has 0 fully saturated rings. The number of rotatable bonds is 9. The number of hydrogen-bond acceptors (Lipinski definition) is 4. The molecule has 2 amide bonds. The number of halogens is 1. The van der Waals surface area contributed by atoms with Crippen LogP contribution < -0.4 is 21.9 Å². The van der Waals surface area contributed by atoms with E-state index < -0.39 is 23.0 Å². The second kappa shape index (κ2) is 11.5. The maximum Gasteiger partial charge on any atom is 0.336 e. The summed E-state index contributed by atoms with van der Waals surface area (Å²) in [4.78, 5) is 51.6. The van der Waals surface area contributed by atoms with E-state index >= 15 is 0 Å². The van der Waals surface area contributed by atoms with Gasteiger partial charge in [0.05, 0.1) is 23.0 Å². The summed E-state index contributed by atoms with van der Waals surface area (Å²) in [7, 11) is 0. The Morgan fingerprint density at radius 2 is 1.59 bits per heavy atom. The molecule has 4 aromatic rings. The third kappa shape index (κ3) is 6.00. The predicted octanol–water partition coefficient (Wildman–Crippen LogP) is 3.39. The van der Waals surface area contributed by atoms with Crippen LogP contribution in [0, 0.1) is 5.82 Å². The lowest BCUT2D eigenvalue weighted by atomic mass is 10.1. The van der Waals surface area contributed by atoms with Gasteiger partial charge in [0.1, 0.15) is 12.4 Å². The minimum Gasteiger partial charge on any atom is -0.356 e. The highest BCUT2D eigenvalue weighted by Gasteiger charge is 2.17. The van der Waals surface area contributed by atoms with Crippen LogP contribution in [0.2, 0.25) is 0 Å². The largest absolute Gasteiger partial charge is 0.356 e. The van der Waals surface area contributed by atoms with Crippen LogP contribution in [0.1, 0.15) is 25.3 Å². The molecule has 0 aliphatic heterocycles. The van der Waals surface area contributed by atoms with Crippen molar-refractivity contribution in [2.24, 2.45) is 0 Å². The lowest BCUT2D eigenvalue weighted by molar-refractivity contribution is -0.120. The monoisotopic (exact) mass is 502 g/mol. The molecule has 0 radical (unpaired) electrons. The number of nitrogens with zero attached hydrogens (tertiary/aromatic N) is 2. The normalized spacial score (nSPS) is 10.9. The Balaban J connectivity index is 1.65. The molecule has 37 heavy (non-hydrogen) atoms. The first kappa shape index (κ1) is 25.6. The van der Waals surface area contributed by atoms with Gasteiger partial charge in [0.2, 0.25) is 11.8 Å². The second-order valence-electron chi connectivity index (χ2n) is 8.63. The summed E-state index contributed by atoms with van der Waals surface area (Å²) in [5.41, 5.74) is 0.577. The van der Waals surface area contributed by atoms with Crippen molar-refractivity contribution in [1.29, 1.82) is 0 Å². The zero-order valence-corrected chi connectivity index (χ0v) is 20.4. The van der Waals surface area contributed by atoms with E-state index in [2.05, 4.69) is 10.6 Å². The molecular weight excluding hydrogens is 475 g/mol. The molecule has 190 valence electrons. The van der Waals surface area contributed by atoms with Gasteiger partial charge in [-0.1, -0.05) is 37.6 Å². The molecule has 1 aromatic heterocycles. The standard InChI is InChI=1S/C28H27FN4O4/c1-2-3-16-30-25(34)17-19-8-14-22(15-9-19)33-27(36)23-6-4-5-7-24(23)32(28(33)37)18-26(35)31-21-12-10-20(29)11-13-21/h4-15H,2-3,16-18H2,1H3,(H,30,34)(H,31,35). The Morgan fingerprint density at radius 1 is 0.892 bits per heavy atom. The highest BCUT2D eigenvalue weighted by Crippen LogP contribution is 2.13.